The van der Waals surface area contributed by atoms with Crippen molar-refractivity contribution in [3.63, 3.8) is 0 Å². The van der Waals surface area contributed by atoms with Gasteiger partial charge < -0.3 is 16.2 Å². The molecule has 0 aromatic heterocycles. The number of nitrogens with one attached hydrogen (secondary N) is 1. The van der Waals surface area contributed by atoms with E-state index >= 15 is 0 Å². The van der Waals surface area contributed by atoms with Gasteiger partial charge in [-0.1, -0.05) is 6.92 Å². The summed E-state index contributed by atoms with van der Waals surface area (Å²) in [5, 5.41) is 11.6. The molecule has 1 unspecified atom stereocenters. The van der Waals surface area contributed by atoms with Crippen molar-refractivity contribution < 1.29 is 14.7 Å². The van der Waals surface area contributed by atoms with Crippen molar-refractivity contribution >= 4 is 11.9 Å². The van der Waals surface area contributed by atoms with Gasteiger partial charge in [0.05, 0.1) is 0 Å². The summed E-state index contributed by atoms with van der Waals surface area (Å²) in [6.07, 6.45) is 2.22. The van der Waals surface area contributed by atoms with Crippen molar-refractivity contribution in [3.8, 4) is 0 Å². The Morgan fingerprint density at radius 2 is 2.13 bits per heavy atom. The average molecular weight is 214 g/mol. The standard InChI is InChI=1S/C10H18N2O3/c1-7(6-11)5-8(13)12-10(9(14)15)3-2-4-10/h7H,2-6,11H2,1H3,(H,12,13)(H,14,15). The number of hydrogen-bond donors (Lipinski definition) is 3. The maximum atomic E-state index is 11.5. The first-order chi connectivity index (χ1) is 7.00. The van der Waals surface area contributed by atoms with Crippen molar-refractivity contribution in [2.45, 2.75) is 38.1 Å². The van der Waals surface area contributed by atoms with E-state index in [9.17, 15) is 9.59 Å². The summed E-state index contributed by atoms with van der Waals surface area (Å²) in [6, 6.07) is 0. The Labute approximate surface area is 89.0 Å². The molecule has 0 aliphatic heterocycles. The minimum atomic E-state index is -0.995. The van der Waals surface area contributed by atoms with Crippen molar-refractivity contribution in [2.75, 3.05) is 6.54 Å². The minimum absolute atomic E-state index is 0.0934. The molecule has 0 bridgehead atoms. The van der Waals surface area contributed by atoms with Gasteiger partial charge in [-0.15, -0.1) is 0 Å². The van der Waals surface area contributed by atoms with Crippen LogP contribution >= 0.6 is 0 Å². The molecule has 86 valence electrons. The molecular formula is C10H18N2O3. The predicted molar refractivity (Wildman–Crippen MR) is 55.2 cm³/mol. The zero-order valence-corrected chi connectivity index (χ0v) is 8.95. The molecule has 1 atom stereocenters. The molecular weight excluding hydrogens is 196 g/mol. The van der Waals surface area contributed by atoms with E-state index in [1.807, 2.05) is 6.92 Å². The number of hydrogen-bond acceptors (Lipinski definition) is 3. The SMILES string of the molecule is CC(CN)CC(=O)NC1(C(=O)O)CCC1. The quantitative estimate of drug-likeness (QED) is 0.605. The first kappa shape index (κ1) is 12.0. The van der Waals surface area contributed by atoms with Gasteiger partial charge >= 0.3 is 5.97 Å². The van der Waals surface area contributed by atoms with Crippen LogP contribution in [0, 0.1) is 5.92 Å². The lowest BCUT2D eigenvalue weighted by Crippen LogP contribution is -2.59. The third-order valence-corrected chi connectivity index (χ3v) is 2.93. The fraction of sp³-hybridized carbons (Fsp3) is 0.800. The zero-order chi connectivity index (χ0) is 11.5. The second kappa shape index (κ2) is 4.61. The molecule has 0 spiro atoms. The molecule has 0 radical (unpaired) electrons. The van der Waals surface area contributed by atoms with Crippen LogP contribution < -0.4 is 11.1 Å². The molecule has 0 aromatic rings. The topological polar surface area (TPSA) is 92.4 Å². The molecule has 15 heavy (non-hydrogen) atoms. The van der Waals surface area contributed by atoms with Crippen LogP contribution in [-0.2, 0) is 9.59 Å². The number of carboxylic acids is 1. The third-order valence-electron chi connectivity index (χ3n) is 2.93. The highest BCUT2D eigenvalue weighted by molar-refractivity contribution is 5.87. The molecule has 0 heterocycles. The summed E-state index contributed by atoms with van der Waals surface area (Å²) >= 11 is 0. The van der Waals surface area contributed by atoms with Gasteiger partial charge in [-0.2, -0.15) is 0 Å². The van der Waals surface area contributed by atoms with Gasteiger partial charge in [0.25, 0.3) is 0 Å². The van der Waals surface area contributed by atoms with Crippen LogP contribution in [0.25, 0.3) is 0 Å². The van der Waals surface area contributed by atoms with Gasteiger partial charge in [0, 0.05) is 6.42 Å². The molecule has 1 aliphatic rings. The zero-order valence-electron chi connectivity index (χ0n) is 8.95. The number of carbonyl (C=O) groups is 2. The Morgan fingerprint density at radius 1 is 1.53 bits per heavy atom. The van der Waals surface area contributed by atoms with Gasteiger partial charge in [0.15, 0.2) is 0 Å². The van der Waals surface area contributed by atoms with Crippen LogP contribution in [0.5, 0.6) is 0 Å². The lowest BCUT2D eigenvalue weighted by Gasteiger charge is -2.38. The van der Waals surface area contributed by atoms with Crippen molar-refractivity contribution in [1.29, 1.82) is 0 Å². The molecule has 1 saturated carbocycles. The van der Waals surface area contributed by atoms with Gasteiger partial charge in [0.2, 0.25) is 5.91 Å². The van der Waals surface area contributed by atoms with E-state index in [1.54, 1.807) is 0 Å². The Hall–Kier alpha value is -1.10. The van der Waals surface area contributed by atoms with Gasteiger partial charge in [0.1, 0.15) is 5.54 Å². The molecule has 1 fully saturated rings. The number of rotatable bonds is 5. The van der Waals surface area contributed by atoms with E-state index in [0.29, 0.717) is 25.8 Å². The Bertz CT molecular complexity index is 261. The number of carboxylic acid groups (broad SMARTS) is 1. The van der Waals surface area contributed by atoms with Crippen LogP contribution in [0.3, 0.4) is 0 Å². The summed E-state index contributed by atoms with van der Waals surface area (Å²) in [6.45, 7) is 2.31. The molecule has 0 aromatic carbocycles. The second-order valence-corrected chi connectivity index (χ2v) is 4.33. The number of carbonyl (C=O) groups excluding carboxylic acids is 1. The molecule has 1 aliphatic carbocycles. The van der Waals surface area contributed by atoms with Crippen LogP contribution in [-0.4, -0.2) is 29.1 Å². The third kappa shape index (κ3) is 2.68. The van der Waals surface area contributed by atoms with Crippen LogP contribution in [0.4, 0.5) is 0 Å². The lowest BCUT2D eigenvalue weighted by atomic mass is 9.76. The summed E-state index contributed by atoms with van der Waals surface area (Å²) in [5.41, 5.74) is 4.40. The molecule has 1 amide bonds. The van der Waals surface area contributed by atoms with E-state index < -0.39 is 11.5 Å². The van der Waals surface area contributed by atoms with Crippen LogP contribution in [0.1, 0.15) is 32.6 Å². The normalized spacial score (nSPS) is 20.1. The highest BCUT2D eigenvalue weighted by Crippen LogP contribution is 2.32. The summed E-state index contributed by atoms with van der Waals surface area (Å²) < 4.78 is 0. The van der Waals surface area contributed by atoms with Gasteiger partial charge in [-0.05, 0) is 31.7 Å². The van der Waals surface area contributed by atoms with Gasteiger partial charge in [-0.25, -0.2) is 4.79 Å². The van der Waals surface area contributed by atoms with E-state index in [2.05, 4.69) is 5.32 Å². The Morgan fingerprint density at radius 3 is 2.47 bits per heavy atom. The number of amides is 1. The number of nitrogens with two attached hydrogens (primary N) is 1. The average Bonchev–Trinajstić information content (AvgIpc) is 2.10. The summed E-state index contributed by atoms with van der Waals surface area (Å²) in [7, 11) is 0. The predicted octanol–water partition coefficient (Wildman–Crippen LogP) is 0.0948. The molecule has 5 heteroatoms. The second-order valence-electron chi connectivity index (χ2n) is 4.33. The molecule has 0 saturated heterocycles. The van der Waals surface area contributed by atoms with E-state index in [4.69, 9.17) is 10.8 Å². The van der Waals surface area contributed by atoms with E-state index in [-0.39, 0.29) is 11.8 Å². The van der Waals surface area contributed by atoms with Gasteiger partial charge in [-0.3, -0.25) is 4.79 Å². The maximum absolute atomic E-state index is 11.5. The molecule has 4 N–H and O–H groups in total. The maximum Gasteiger partial charge on any atom is 0.329 e. The first-order valence-electron chi connectivity index (χ1n) is 5.24. The summed E-state index contributed by atoms with van der Waals surface area (Å²) in [5.74, 6) is -1.05. The Balaban J connectivity index is 2.46. The Kier molecular flexibility index (Phi) is 3.68. The van der Waals surface area contributed by atoms with Crippen LogP contribution in [0.2, 0.25) is 0 Å². The molecule has 1 rings (SSSR count). The number of aliphatic carboxylic acids is 1. The van der Waals surface area contributed by atoms with E-state index in [1.165, 1.54) is 0 Å². The first-order valence-corrected chi connectivity index (χ1v) is 5.24. The largest absolute Gasteiger partial charge is 0.480 e. The summed E-state index contributed by atoms with van der Waals surface area (Å²) in [4.78, 5) is 22.5. The fourth-order valence-electron chi connectivity index (χ4n) is 1.64. The molecule has 5 nitrogen and oxygen atoms in total. The van der Waals surface area contributed by atoms with Crippen LogP contribution in [0.15, 0.2) is 0 Å². The van der Waals surface area contributed by atoms with E-state index in [0.717, 1.165) is 6.42 Å². The highest BCUT2D eigenvalue weighted by Gasteiger charge is 2.45. The highest BCUT2D eigenvalue weighted by atomic mass is 16.4. The van der Waals surface area contributed by atoms with Crippen molar-refractivity contribution in [3.05, 3.63) is 0 Å². The minimum Gasteiger partial charge on any atom is -0.480 e. The van der Waals surface area contributed by atoms with Crippen molar-refractivity contribution in [2.24, 2.45) is 11.7 Å². The smallest absolute Gasteiger partial charge is 0.329 e. The van der Waals surface area contributed by atoms with Crippen molar-refractivity contribution in [1.82, 2.24) is 5.32 Å². The lowest BCUT2D eigenvalue weighted by molar-refractivity contribution is -0.151. The fourth-order valence-corrected chi connectivity index (χ4v) is 1.64. The monoisotopic (exact) mass is 214 g/mol.